The van der Waals surface area contributed by atoms with Crippen molar-refractivity contribution < 1.29 is 24.2 Å². The van der Waals surface area contributed by atoms with E-state index in [1.54, 1.807) is 20.8 Å². The van der Waals surface area contributed by atoms with E-state index in [0.717, 1.165) is 12.7 Å². The van der Waals surface area contributed by atoms with Gasteiger partial charge < -0.3 is 14.6 Å². The van der Waals surface area contributed by atoms with Crippen LogP contribution in [-0.4, -0.2) is 35.6 Å². The molecular weight excluding hydrogens is 286 g/mol. The fraction of sp³-hybridized carbons (Fsp3) is 0.500. The molecule has 6 heteroatoms. The van der Waals surface area contributed by atoms with Crippen molar-refractivity contribution in [2.75, 3.05) is 7.11 Å². The largest absolute Gasteiger partial charge is 0.465 e. The fourth-order valence-corrected chi connectivity index (χ4v) is 1.83. The van der Waals surface area contributed by atoms with Crippen molar-refractivity contribution in [3.8, 4) is 0 Å². The highest BCUT2D eigenvalue weighted by Gasteiger charge is 2.39. The molecule has 1 aromatic carbocycles. The molecule has 122 valence electrons. The van der Waals surface area contributed by atoms with Gasteiger partial charge in [-0.05, 0) is 32.8 Å². The van der Waals surface area contributed by atoms with Crippen LogP contribution in [0.3, 0.4) is 0 Å². The average molecular weight is 309 g/mol. The van der Waals surface area contributed by atoms with Gasteiger partial charge in [-0.2, -0.15) is 0 Å². The molecule has 1 amide bonds. The lowest BCUT2D eigenvalue weighted by molar-refractivity contribution is -0.166. The number of rotatable bonds is 5. The molecule has 0 saturated heterocycles. The lowest BCUT2D eigenvalue weighted by atomic mass is 10.0. The van der Waals surface area contributed by atoms with E-state index in [4.69, 9.17) is 4.74 Å². The molecule has 0 aromatic heterocycles. The van der Waals surface area contributed by atoms with Gasteiger partial charge in [-0.3, -0.25) is 5.32 Å². The summed E-state index contributed by atoms with van der Waals surface area (Å²) in [5.41, 5.74) is -1.94. The molecule has 2 N–H and O–H groups in total. The Balaban J connectivity index is 2.77. The van der Waals surface area contributed by atoms with Crippen molar-refractivity contribution in [1.82, 2.24) is 5.32 Å². The van der Waals surface area contributed by atoms with Crippen LogP contribution >= 0.6 is 0 Å². The Bertz CT molecular complexity index is 509. The molecule has 0 bridgehead atoms. The number of alkyl carbamates (subject to hydrolysis) is 1. The lowest BCUT2D eigenvalue weighted by Crippen LogP contribution is -2.56. The first kappa shape index (κ1) is 18.0. The molecule has 6 nitrogen and oxygen atoms in total. The summed E-state index contributed by atoms with van der Waals surface area (Å²) >= 11 is 0. The molecule has 0 fully saturated rings. The van der Waals surface area contributed by atoms with Crippen LogP contribution in [-0.2, 0) is 20.7 Å². The highest BCUT2D eigenvalue weighted by Crippen LogP contribution is 2.16. The number of amides is 1. The van der Waals surface area contributed by atoms with Crippen LogP contribution in [0.4, 0.5) is 4.79 Å². The van der Waals surface area contributed by atoms with Gasteiger partial charge in [0.1, 0.15) is 5.60 Å². The Labute approximate surface area is 130 Å². The van der Waals surface area contributed by atoms with Gasteiger partial charge in [0.05, 0.1) is 7.11 Å². The van der Waals surface area contributed by atoms with Crippen LogP contribution < -0.4 is 5.32 Å². The third-order valence-corrected chi connectivity index (χ3v) is 2.85. The minimum Gasteiger partial charge on any atom is -0.465 e. The van der Waals surface area contributed by atoms with E-state index in [9.17, 15) is 14.7 Å². The second-order valence-corrected chi connectivity index (χ2v) is 5.96. The molecule has 0 heterocycles. The van der Waals surface area contributed by atoms with Crippen LogP contribution in [0.2, 0.25) is 0 Å². The molecule has 0 aliphatic carbocycles. The van der Waals surface area contributed by atoms with Gasteiger partial charge in [0.25, 0.3) is 0 Å². The van der Waals surface area contributed by atoms with Crippen LogP contribution in [0.5, 0.6) is 0 Å². The number of aliphatic hydroxyl groups is 1. The summed E-state index contributed by atoms with van der Waals surface area (Å²) < 4.78 is 9.64. The Kier molecular flexibility index (Phi) is 5.93. The second kappa shape index (κ2) is 7.26. The lowest BCUT2D eigenvalue weighted by Gasteiger charge is -2.28. The number of nitrogens with one attached hydrogen (secondary N) is 1. The second-order valence-electron chi connectivity index (χ2n) is 5.96. The van der Waals surface area contributed by atoms with Crippen LogP contribution in [0.1, 0.15) is 32.8 Å². The van der Waals surface area contributed by atoms with E-state index < -0.39 is 23.4 Å². The predicted molar refractivity (Wildman–Crippen MR) is 81.1 cm³/mol. The van der Waals surface area contributed by atoms with E-state index in [2.05, 4.69) is 10.1 Å². The molecule has 0 radical (unpaired) electrons. The maximum absolute atomic E-state index is 11.8. The number of carbonyl (C=O) groups excluding carboxylic acids is 2. The smallest absolute Gasteiger partial charge is 0.410 e. The standard InChI is InChI=1S/C16H23NO5/c1-15(2,3)22-14(19)17-16(20,13(18)21-4)11-10-12-8-6-5-7-9-12/h5-9,20H,10-11H2,1-4H3,(H,17,19). The first-order valence-corrected chi connectivity index (χ1v) is 7.02. The predicted octanol–water partition coefficient (Wildman–Crippen LogP) is 2.01. The molecule has 1 aromatic rings. The van der Waals surface area contributed by atoms with Crippen molar-refractivity contribution in [1.29, 1.82) is 0 Å². The summed E-state index contributed by atoms with van der Waals surface area (Å²) in [6.07, 6.45) is -0.515. The topological polar surface area (TPSA) is 84.9 Å². The highest BCUT2D eigenvalue weighted by molar-refractivity contribution is 5.83. The minimum atomic E-state index is -2.13. The van der Waals surface area contributed by atoms with E-state index in [0.29, 0.717) is 6.42 Å². The van der Waals surface area contributed by atoms with Crippen molar-refractivity contribution in [2.24, 2.45) is 0 Å². The molecule has 1 rings (SSSR count). The van der Waals surface area contributed by atoms with Crippen molar-refractivity contribution in [2.45, 2.75) is 44.9 Å². The SMILES string of the molecule is COC(=O)C(O)(CCc1ccccc1)NC(=O)OC(C)(C)C. The summed E-state index contributed by atoms with van der Waals surface area (Å²) in [5.74, 6) is -0.936. The first-order chi connectivity index (χ1) is 10.2. The van der Waals surface area contributed by atoms with Crippen LogP contribution in [0.15, 0.2) is 30.3 Å². The Morgan fingerprint density at radius 1 is 1.18 bits per heavy atom. The summed E-state index contributed by atoms with van der Waals surface area (Å²) in [7, 11) is 1.15. The zero-order chi connectivity index (χ0) is 16.8. The minimum absolute atomic E-state index is 0.0249. The number of benzene rings is 1. The number of carbonyl (C=O) groups is 2. The highest BCUT2D eigenvalue weighted by atomic mass is 16.6. The normalized spacial score (nSPS) is 13.9. The van der Waals surface area contributed by atoms with Gasteiger partial charge in [-0.1, -0.05) is 30.3 Å². The van der Waals surface area contributed by atoms with Crippen LogP contribution in [0, 0.1) is 0 Å². The maximum atomic E-state index is 11.8. The van der Waals surface area contributed by atoms with E-state index in [1.807, 2.05) is 30.3 Å². The number of hydrogen-bond acceptors (Lipinski definition) is 5. The molecule has 22 heavy (non-hydrogen) atoms. The van der Waals surface area contributed by atoms with Crippen molar-refractivity contribution in [3.05, 3.63) is 35.9 Å². The summed E-state index contributed by atoms with van der Waals surface area (Å²) in [6.45, 7) is 5.06. The maximum Gasteiger partial charge on any atom is 0.410 e. The quantitative estimate of drug-likeness (QED) is 0.642. The number of aryl methyl sites for hydroxylation is 1. The van der Waals surface area contributed by atoms with E-state index >= 15 is 0 Å². The van der Waals surface area contributed by atoms with Gasteiger partial charge in [0.2, 0.25) is 5.72 Å². The first-order valence-electron chi connectivity index (χ1n) is 7.02. The number of methoxy groups -OCH3 is 1. The van der Waals surface area contributed by atoms with E-state index in [-0.39, 0.29) is 6.42 Å². The number of esters is 1. The van der Waals surface area contributed by atoms with Crippen molar-refractivity contribution in [3.63, 3.8) is 0 Å². The molecule has 0 spiro atoms. The number of hydrogen-bond donors (Lipinski definition) is 2. The molecule has 0 aliphatic heterocycles. The van der Waals surface area contributed by atoms with Gasteiger partial charge in [0, 0.05) is 6.42 Å². The molecule has 0 saturated carbocycles. The zero-order valence-electron chi connectivity index (χ0n) is 13.4. The monoisotopic (exact) mass is 309 g/mol. The number of ether oxygens (including phenoxy) is 2. The van der Waals surface area contributed by atoms with Gasteiger partial charge in [-0.25, -0.2) is 9.59 Å². The Morgan fingerprint density at radius 2 is 1.77 bits per heavy atom. The third-order valence-electron chi connectivity index (χ3n) is 2.85. The fourth-order valence-electron chi connectivity index (χ4n) is 1.83. The van der Waals surface area contributed by atoms with E-state index in [1.165, 1.54) is 0 Å². The summed E-state index contributed by atoms with van der Waals surface area (Å²) in [4.78, 5) is 23.6. The van der Waals surface area contributed by atoms with Gasteiger partial charge in [0.15, 0.2) is 0 Å². The molecule has 1 atom stereocenters. The molecular formula is C16H23NO5. The third kappa shape index (κ3) is 5.73. The Hall–Kier alpha value is -2.08. The van der Waals surface area contributed by atoms with Gasteiger partial charge in [-0.15, -0.1) is 0 Å². The summed E-state index contributed by atoms with van der Waals surface area (Å²) in [6, 6.07) is 9.31. The van der Waals surface area contributed by atoms with Crippen molar-refractivity contribution >= 4 is 12.1 Å². The molecule has 1 unspecified atom stereocenters. The average Bonchev–Trinajstić information content (AvgIpc) is 2.43. The van der Waals surface area contributed by atoms with Gasteiger partial charge >= 0.3 is 12.1 Å². The Morgan fingerprint density at radius 3 is 2.27 bits per heavy atom. The zero-order valence-corrected chi connectivity index (χ0v) is 13.4. The molecule has 0 aliphatic rings. The summed E-state index contributed by atoms with van der Waals surface area (Å²) in [5, 5.41) is 12.6. The van der Waals surface area contributed by atoms with Crippen LogP contribution in [0.25, 0.3) is 0 Å².